The standard InChI is InChI=1S/C14H17N3O/c15-12(10-4-3-7-17-9-10)8-13(16)11-5-1-2-6-14(11)18/h1,3-5,7,9,13,15,18H,2,6,8,16H2. The van der Waals surface area contributed by atoms with Gasteiger partial charge >= 0.3 is 0 Å². The summed E-state index contributed by atoms with van der Waals surface area (Å²) in [5, 5.41) is 17.8. The normalized spacial score (nSPS) is 16.7. The Kier molecular flexibility index (Phi) is 3.89. The van der Waals surface area contributed by atoms with Crippen LogP contribution in [0.4, 0.5) is 0 Å². The van der Waals surface area contributed by atoms with E-state index in [1.165, 1.54) is 0 Å². The van der Waals surface area contributed by atoms with Crippen LogP contribution in [0.25, 0.3) is 0 Å². The maximum atomic E-state index is 9.79. The molecule has 0 fully saturated rings. The molecule has 0 amide bonds. The molecule has 0 aliphatic heterocycles. The van der Waals surface area contributed by atoms with Gasteiger partial charge in [0.1, 0.15) is 0 Å². The highest BCUT2D eigenvalue weighted by molar-refractivity contribution is 5.98. The van der Waals surface area contributed by atoms with Crippen LogP contribution in [0, 0.1) is 5.41 Å². The summed E-state index contributed by atoms with van der Waals surface area (Å²) in [7, 11) is 0. The van der Waals surface area contributed by atoms with Gasteiger partial charge in [-0.25, -0.2) is 0 Å². The number of nitrogens with zero attached hydrogens (tertiary/aromatic N) is 1. The van der Waals surface area contributed by atoms with E-state index in [2.05, 4.69) is 4.98 Å². The van der Waals surface area contributed by atoms with Gasteiger partial charge in [-0.15, -0.1) is 0 Å². The van der Waals surface area contributed by atoms with Crippen molar-refractivity contribution < 1.29 is 5.11 Å². The molecule has 94 valence electrons. The van der Waals surface area contributed by atoms with E-state index in [9.17, 15) is 5.11 Å². The molecular weight excluding hydrogens is 226 g/mol. The number of aliphatic hydroxyl groups excluding tert-OH is 1. The van der Waals surface area contributed by atoms with E-state index in [0.717, 1.165) is 17.6 Å². The van der Waals surface area contributed by atoms with Gasteiger partial charge in [-0.1, -0.05) is 18.2 Å². The van der Waals surface area contributed by atoms with Crippen molar-refractivity contribution in [2.75, 3.05) is 0 Å². The number of hydrogen-bond acceptors (Lipinski definition) is 4. The van der Waals surface area contributed by atoms with Crippen molar-refractivity contribution in [3.63, 3.8) is 0 Å². The van der Waals surface area contributed by atoms with Crippen molar-refractivity contribution in [3.05, 3.63) is 53.6 Å². The second-order valence-corrected chi connectivity index (χ2v) is 4.37. The number of rotatable bonds is 4. The molecular formula is C14H17N3O. The van der Waals surface area contributed by atoms with Gasteiger partial charge in [-0.05, 0) is 12.5 Å². The summed E-state index contributed by atoms with van der Waals surface area (Å²) in [5.41, 5.74) is 8.00. The van der Waals surface area contributed by atoms with Gasteiger partial charge in [0.2, 0.25) is 0 Å². The highest BCUT2D eigenvalue weighted by Gasteiger charge is 2.16. The van der Waals surface area contributed by atoms with Gasteiger partial charge in [0.25, 0.3) is 0 Å². The monoisotopic (exact) mass is 243 g/mol. The van der Waals surface area contributed by atoms with E-state index in [1.807, 2.05) is 18.2 Å². The van der Waals surface area contributed by atoms with Crippen molar-refractivity contribution in [2.45, 2.75) is 25.3 Å². The molecule has 0 spiro atoms. The lowest BCUT2D eigenvalue weighted by molar-refractivity contribution is 0.377. The first-order chi connectivity index (χ1) is 8.68. The van der Waals surface area contributed by atoms with Crippen molar-refractivity contribution in [1.82, 2.24) is 4.98 Å². The fraction of sp³-hybridized carbons (Fsp3) is 0.286. The molecule has 1 aromatic heterocycles. The van der Waals surface area contributed by atoms with Crippen LogP contribution in [0.3, 0.4) is 0 Å². The predicted molar refractivity (Wildman–Crippen MR) is 71.7 cm³/mol. The summed E-state index contributed by atoms with van der Waals surface area (Å²) >= 11 is 0. The molecule has 4 nitrogen and oxygen atoms in total. The van der Waals surface area contributed by atoms with E-state index < -0.39 is 0 Å². The highest BCUT2D eigenvalue weighted by atomic mass is 16.3. The van der Waals surface area contributed by atoms with Crippen LogP contribution >= 0.6 is 0 Å². The van der Waals surface area contributed by atoms with Gasteiger partial charge in [0.05, 0.1) is 5.76 Å². The molecule has 18 heavy (non-hydrogen) atoms. The van der Waals surface area contributed by atoms with Crippen LogP contribution in [-0.4, -0.2) is 21.8 Å². The Morgan fingerprint density at radius 1 is 1.56 bits per heavy atom. The Morgan fingerprint density at radius 3 is 3.06 bits per heavy atom. The van der Waals surface area contributed by atoms with Gasteiger partial charge < -0.3 is 16.2 Å². The Morgan fingerprint density at radius 2 is 2.39 bits per heavy atom. The minimum Gasteiger partial charge on any atom is -0.512 e. The first kappa shape index (κ1) is 12.5. The van der Waals surface area contributed by atoms with E-state index in [4.69, 9.17) is 11.1 Å². The van der Waals surface area contributed by atoms with Crippen molar-refractivity contribution in [1.29, 1.82) is 5.41 Å². The number of nitrogens with two attached hydrogens (primary N) is 1. The van der Waals surface area contributed by atoms with Crippen LogP contribution in [-0.2, 0) is 0 Å². The fourth-order valence-electron chi connectivity index (χ4n) is 2.00. The zero-order valence-corrected chi connectivity index (χ0v) is 10.1. The molecule has 1 aliphatic carbocycles. The van der Waals surface area contributed by atoms with Crippen LogP contribution in [0.1, 0.15) is 24.8 Å². The fourth-order valence-corrected chi connectivity index (χ4v) is 2.00. The number of pyridine rings is 1. The lowest BCUT2D eigenvalue weighted by Gasteiger charge is -2.18. The van der Waals surface area contributed by atoms with Crippen molar-refractivity contribution in [2.24, 2.45) is 5.73 Å². The van der Waals surface area contributed by atoms with E-state index in [1.54, 1.807) is 18.5 Å². The lowest BCUT2D eigenvalue weighted by Crippen LogP contribution is -2.27. The van der Waals surface area contributed by atoms with E-state index in [-0.39, 0.29) is 6.04 Å². The first-order valence-electron chi connectivity index (χ1n) is 6.00. The van der Waals surface area contributed by atoms with Crippen molar-refractivity contribution >= 4 is 5.71 Å². The summed E-state index contributed by atoms with van der Waals surface area (Å²) in [6.07, 6.45) is 9.08. The molecule has 0 bridgehead atoms. The van der Waals surface area contributed by atoms with Crippen LogP contribution in [0.2, 0.25) is 0 Å². The minimum absolute atomic E-state index is 0.339. The molecule has 0 saturated carbocycles. The van der Waals surface area contributed by atoms with Gasteiger partial charge in [0.15, 0.2) is 0 Å². The Hall–Kier alpha value is -1.94. The van der Waals surface area contributed by atoms with Gasteiger partial charge in [-0.2, -0.15) is 0 Å². The summed E-state index contributed by atoms with van der Waals surface area (Å²) in [5.74, 6) is 0.351. The SMILES string of the molecule is N=C(CC(N)C1=C(O)CCC=C1)c1cccnc1. The zero-order valence-electron chi connectivity index (χ0n) is 10.1. The summed E-state index contributed by atoms with van der Waals surface area (Å²) in [6.45, 7) is 0. The molecule has 1 aromatic rings. The van der Waals surface area contributed by atoms with Gasteiger partial charge in [0, 0.05) is 48.1 Å². The molecule has 1 atom stereocenters. The summed E-state index contributed by atoms with van der Waals surface area (Å²) in [6, 6.07) is 3.30. The first-order valence-corrected chi connectivity index (χ1v) is 6.00. The second kappa shape index (κ2) is 5.60. The number of hydrogen-bond donors (Lipinski definition) is 3. The summed E-state index contributed by atoms with van der Waals surface area (Å²) < 4.78 is 0. The molecule has 0 aromatic carbocycles. The molecule has 0 saturated heterocycles. The van der Waals surface area contributed by atoms with Crippen LogP contribution < -0.4 is 5.73 Å². The van der Waals surface area contributed by atoms with Gasteiger partial charge in [-0.3, -0.25) is 4.98 Å². The quantitative estimate of drug-likeness (QED) is 0.710. The van der Waals surface area contributed by atoms with Crippen molar-refractivity contribution in [3.8, 4) is 0 Å². The number of aromatic nitrogens is 1. The number of allylic oxidation sites excluding steroid dienone is 2. The molecule has 1 unspecified atom stereocenters. The number of aliphatic hydroxyl groups is 1. The Labute approximate surface area is 106 Å². The lowest BCUT2D eigenvalue weighted by atomic mass is 9.94. The maximum Gasteiger partial charge on any atom is 0.0973 e. The third kappa shape index (κ3) is 2.84. The minimum atomic E-state index is -0.339. The van der Waals surface area contributed by atoms with E-state index in [0.29, 0.717) is 24.3 Å². The average Bonchev–Trinajstić information content (AvgIpc) is 2.40. The average molecular weight is 243 g/mol. The second-order valence-electron chi connectivity index (χ2n) is 4.37. The largest absolute Gasteiger partial charge is 0.512 e. The molecule has 1 heterocycles. The topological polar surface area (TPSA) is 83.0 Å². The zero-order chi connectivity index (χ0) is 13.0. The van der Waals surface area contributed by atoms with E-state index >= 15 is 0 Å². The summed E-state index contributed by atoms with van der Waals surface area (Å²) in [4.78, 5) is 3.98. The molecule has 2 rings (SSSR count). The highest BCUT2D eigenvalue weighted by Crippen LogP contribution is 2.20. The molecule has 1 aliphatic rings. The smallest absolute Gasteiger partial charge is 0.0973 e. The van der Waals surface area contributed by atoms with Crippen LogP contribution in [0.5, 0.6) is 0 Å². The maximum absolute atomic E-state index is 9.79. The Balaban J connectivity index is 2.06. The molecule has 4 heteroatoms. The third-order valence-corrected chi connectivity index (χ3v) is 3.01. The molecule has 0 radical (unpaired) electrons. The Bertz CT molecular complexity index is 491. The van der Waals surface area contributed by atoms with Crippen LogP contribution in [0.15, 0.2) is 48.0 Å². The predicted octanol–water partition coefficient (Wildman–Crippen LogP) is 2.33. The third-order valence-electron chi connectivity index (χ3n) is 3.01. The molecule has 4 N–H and O–H groups in total. The number of nitrogens with one attached hydrogen (secondary N) is 1.